The van der Waals surface area contributed by atoms with E-state index in [1.807, 2.05) is 7.05 Å². The van der Waals surface area contributed by atoms with Gasteiger partial charge in [-0.3, -0.25) is 0 Å². The number of anilines is 1. The molecule has 15 heavy (non-hydrogen) atoms. The van der Waals surface area contributed by atoms with Crippen molar-refractivity contribution in [2.24, 2.45) is 0 Å². The summed E-state index contributed by atoms with van der Waals surface area (Å²) in [6.07, 6.45) is 3.35. The fourth-order valence-corrected chi connectivity index (χ4v) is 1.44. The molecule has 0 spiro atoms. The monoisotopic (exact) mass is 212 g/mol. The fourth-order valence-electron chi connectivity index (χ4n) is 1.44. The Bertz CT molecular complexity index is 274. The first kappa shape index (κ1) is 12.0. The molecule has 0 bridgehead atoms. The second-order valence-corrected chi connectivity index (χ2v) is 3.57. The lowest BCUT2D eigenvalue weighted by molar-refractivity contribution is 0.479. The van der Waals surface area contributed by atoms with E-state index in [-0.39, 0.29) is 0 Å². The third kappa shape index (κ3) is 3.87. The minimum Gasteiger partial charge on any atom is -0.407 e. The van der Waals surface area contributed by atoms with Gasteiger partial charge >= 0.3 is 6.01 Å². The summed E-state index contributed by atoms with van der Waals surface area (Å²) in [5.41, 5.74) is 0. The Labute approximate surface area is 90.7 Å². The van der Waals surface area contributed by atoms with E-state index in [4.69, 9.17) is 4.42 Å². The van der Waals surface area contributed by atoms with Gasteiger partial charge in [0.15, 0.2) is 0 Å². The summed E-state index contributed by atoms with van der Waals surface area (Å²) in [6, 6.07) is 0.957. The van der Waals surface area contributed by atoms with Gasteiger partial charge < -0.3 is 15.1 Å². The maximum atomic E-state index is 5.41. The summed E-state index contributed by atoms with van der Waals surface area (Å²) in [7, 11) is 1.85. The molecular formula is C10H20N4O. The van der Waals surface area contributed by atoms with Crippen molar-refractivity contribution >= 4 is 6.01 Å². The zero-order valence-corrected chi connectivity index (χ0v) is 9.71. The van der Waals surface area contributed by atoms with E-state index in [0.29, 0.717) is 24.5 Å². The average molecular weight is 212 g/mol. The van der Waals surface area contributed by atoms with E-state index in [1.54, 1.807) is 0 Å². The van der Waals surface area contributed by atoms with Gasteiger partial charge in [0.05, 0.1) is 6.54 Å². The first-order valence-electron chi connectivity index (χ1n) is 5.53. The SMILES string of the molecule is CCCC(CC)Nc1nnc(CNC)o1. The van der Waals surface area contributed by atoms with E-state index in [2.05, 4.69) is 34.7 Å². The Hall–Kier alpha value is -1.10. The Morgan fingerprint density at radius 3 is 2.73 bits per heavy atom. The predicted molar refractivity (Wildman–Crippen MR) is 59.7 cm³/mol. The third-order valence-corrected chi connectivity index (χ3v) is 2.25. The van der Waals surface area contributed by atoms with Gasteiger partial charge in [-0.1, -0.05) is 25.4 Å². The van der Waals surface area contributed by atoms with Crippen LogP contribution in [0.5, 0.6) is 0 Å². The molecule has 0 aliphatic rings. The molecule has 1 aromatic heterocycles. The number of hydrogen-bond donors (Lipinski definition) is 2. The molecule has 1 heterocycles. The third-order valence-electron chi connectivity index (χ3n) is 2.25. The number of rotatable bonds is 7. The molecule has 1 rings (SSSR count). The Kier molecular flexibility index (Phi) is 5.10. The maximum absolute atomic E-state index is 5.41. The van der Waals surface area contributed by atoms with Crippen molar-refractivity contribution < 1.29 is 4.42 Å². The quantitative estimate of drug-likeness (QED) is 0.721. The van der Waals surface area contributed by atoms with E-state index >= 15 is 0 Å². The van der Waals surface area contributed by atoms with Crippen LogP contribution in [0.2, 0.25) is 0 Å². The van der Waals surface area contributed by atoms with Crippen molar-refractivity contribution in [2.45, 2.75) is 45.7 Å². The lowest BCUT2D eigenvalue weighted by Gasteiger charge is -2.13. The van der Waals surface area contributed by atoms with Gasteiger partial charge in [-0.05, 0) is 19.9 Å². The first-order valence-corrected chi connectivity index (χ1v) is 5.53. The summed E-state index contributed by atoms with van der Waals surface area (Å²) in [6.45, 7) is 4.93. The highest BCUT2D eigenvalue weighted by molar-refractivity contribution is 5.19. The van der Waals surface area contributed by atoms with Crippen molar-refractivity contribution in [3.8, 4) is 0 Å². The second kappa shape index (κ2) is 6.40. The molecule has 0 saturated heterocycles. The van der Waals surface area contributed by atoms with Gasteiger partial charge in [0, 0.05) is 6.04 Å². The van der Waals surface area contributed by atoms with Crippen LogP contribution in [0.1, 0.15) is 39.0 Å². The van der Waals surface area contributed by atoms with E-state index < -0.39 is 0 Å². The van der Waals surface area contributed by atoms with E-state index in [1.165, 1.54) is 0 Å². The maximum Gasteiger partial charge on any atom is 0.315 e. The summed E-state index contributed by atoms with van der Waals surface area (Å²) < 4.78 is 5.41. The van der Waals surface area contributed by atoms with Gasteiger partial charge in [-0.15, -0.1) is 5.10 Å². The van der Waals surface area contributed by atoms with Gasteiger partial charge in [0.25, 0.3) is 0 Å². The first-order chi connectivity index (χ1) is 7.30. The van der Waals surface area contributed by atoms with Crippen LogP contribution in [0.25, 0.3) is 0 Å². The Morgan fingerprint density at radius 1 is 1.33 bits per heavy atom. The molecule has 0 aliphatic carbocycles. The molecule has 0 aliphatic heterocycles. The Balaban J connectivity index is 2.47. The molecule has 1 atom stereocenters. The standard InChI is InChI=1S/C10H20N4O/c1-4-6-8(5-2)12-10-14-13-9(15-10)7-11-3/h8,11H,4-7H2,1-3H3,(H,12,14). The molecule has 5 nitrogen and oxygen atoms in total. The molecule has 0 radical (unpaired) electrons. The highest BCUT2D eigenvalue weighted by Gasteiger charge is 2.09. The molecule has 0 amide bonds. The summed E-state index contributed by atoms with van der Waals surface area (Å²) in [5.74, 6) is 0.617. The minimum atomic E-state index is 0.429. The van der Waals surface area contributed by atoms with Gasteiger partial charge in [-0.2, -0.15) is 0 Å². The molecular weight excluding hydrogens is 192 g/mol. The number of aromatic nitrogens is 2. The van der Waals surface area contributed by atoms with Crippen molar-refractivity contribution in [1.29, 1.82) is 0 Å². The van der Waals surface area contributed by atoms with Crippen molar-refractivity contribution in [3.05, 3.63) is 5.89 Å². The van der Waals surface area contributed by atoms with E-state index in [9.17, 15) is 0 Å². The molecule has 5 heteroatoms. The molecule has 86 valence electrons. The van der Waals surface area contributed by atoms with Crippen LogP contribution in [0.15, 0.2) is 4.42 Å². The van der Waals surface area contributed by atoms with E-state index in [0.717, 1.165) is 19.3 Å². The highest BCUT2D eigenvalue weighted by atomic mass is 16.4. The topological polar surface area (TPSA) is 63.0 Å². The molecule has 0 aromatic carbocycles. The fraction of sp³-hybridized carbons (Fsp3) is 0.800. The lowest BCUT2D eigenvalue weighted by Crippen LogP contribution is -2.18. The number of hydrogen-bond acceptors (Lipinski definition) is 5. The van der Waals surface area contributed by atoms with Crippen LogP contribution < -0.4 is 10.6 Å². The molecule has 0 fully saturated rings. The molecule has 1 unspecified atom stereocenters. The molecule has 1 aromatic rings. The highest BCUT2D eigenvalue weighted by Crippen LogP contribution is 2.11. The summed E-state index contributed by atoms with van der Waals surface area (Å²) in [4.78, 5) is 0. The normalized spacial score (nSPS) is 12.7. The van der Waals surface area contributed by atoms with Crippen LogP contribution in [0.3, 0.4) is 0 Å². The molecule has 2 N–H and O–H groups in total. The summed E-state index contributed by atoms with van der Waals surface area (Å²) >= 11 is 0. The van der Waals surface area contributed by atoms with Crippen LogP contribution in [-0.4, -0.2) is 23.3 Å². The van der Waals surface area contributed by atoms with Gasteiger partial charge in [0.2, 0.25) is 5.89 Å². The van der Waals surface area contributed by atoms with Crippen LogP contribution in [0.4, 0.5) is 6.01 Å². The minimum absolute atomic E-state index is 0.429. The van der Waals surface area contributed by atoms with Crippen LogP contribution >= 0.6 is 0 Å². The molecule has 0 saturated carbocycles. The zero-order valence-electron chi connectivity index (χ0n) is 9.71. The number of nitrogens with one attached hydrogen (secondary N) is 2. The van der Waals surface area contributed by atoms with Gasteiger partial charge in [0.1, 0.15) is 0 Å². The number of nitrogens with zero attached hydrogens (tertiary/aromatic N) is 2. The predicted octanol–water partition coefficient (Wildman–Crippen LogP) is 1.78. The second-order valence-electron chi connectivity index (χ2n) is 3.57. The zero-order chi connectivity index (χ0) is 11.1. The van der Waals surface area contributed by atoms with Gasteiger partial charge in [-0.25, -0.2) is 0 Å². The average Bonchev–Trinajstić information content (AvgIpc) is 2.66. The lowest BCUT2D eigenvalue weighted by atomic mass is 10.1. The van der Waals surface area contributed by atoms with Crippen molar-refractivity contribution in [1.82, 2.24) is 15.5 Å². The smallest absolute Gasteiger partial charge is 0.315 e. The van der Waals surface area contributed by atoms with Crippen LogP contribution in [0, 0.1) is 0 Å². The van der Waals surface area contributed by atoms with Crippen LogP contribution in [-0.2, 0) is 6.54 Å². The Morgan fingerprint density at radius 2 is 2.13 bits per heavy atom. The largest absolute Gasteiger partial charge is 0.407 e. The van der Waals surface area contributed by atoms with Crippen molar-refractivity contribution in [2.75, 3.05) is 12.4 Å². The summed E-state index contributed by atoms with van der Waals surface area (Å²) in [5, 5.41) is 14.1. The van der Waals surface area contributed by atoms with Crippen molar-refractivity contribution in [3.63, 3.8) is 0 Å².